The van der Waals surface area contributed by atoms with Crippen molar-refractivity contribution in [2.75, 3.05) is 16.8 Å². The van der Waals surface area contributed by atoms with Crippen molar-refractivity contribution in [1.29, 1.82) is 5.26 Å². The monoisotopic (exact) mass is 293 g/mol. The van der Waals surface area contributed by atoms with E-state index in [-0.39, 0.29) is 0 Å². The summed E-state index contributed by atoms with van der Waals surface area (Å²) >= 11 is 0. The quantitative estimate of drug-likeness (QED) is 0.884. The van der Waals surface area contributed by atoms with Gasteiger partial charge in [0.2, 0.25) is 0 Å². The fraction of sp³-hybridized carbons (Fsp3) is 0.118. The minimum atomic E-state index is -0.713. The van der Waals surface area contributed by atoms with Crippen LogP contribution in [-0.4, -0.2) is 18.4 Å². The summed E-state index contributed by atoms with van der Waals surface area (Å²) in [7, 11) is 0. The van der Waals surface area contributed by atoms with E-state index in [4.69, 9.17) is 5.26 Å². The largest absolute Gasteiger partial charge is 0.318 e. The Morgan fingerprint density at radius 3 is 2.27 bits per heavy atom. The lowest BCUT2D eigenvalue weighted by molar-refractivity contribution is -0.134. The molecule has 0 bridgehead atoms. The van der Waals surface area contributed by atoms with Crippen molar-refractivity contribution in [3.8, 4) is 6.07 Å². The Morgan fingerprint density at radius 1 is 1.09 bits per heavy atom. The summed E-state index contributed by atoms with van der Waals surface area (Å²) < 4.78 is 0. The van der Waals surface area contributed by atoms with Gasteiger partial charge in [0.05, 0.1) is 11.6 Å². The first kappa shape index (κ1) is 15.3. The summed E-state index contributed by atoms with van der Waals surface area (Å²) in [6, 6.07) is 17.3. The summed E-state index contributed by atoms with van der Waals surface area (Å²) in [4.78, 5) is 25.7. The normalized spacial score (nSPS) is 9.64. The Hall–Kier alpha value is -3.13. The van der Waals surface area contributed by atoms with E-state index < -0.39 is 11.8 Å². The summed E-state index contributed by atoms with van der Waals surface area (Å²) in [5, 5.41) is 11.3. The first-order valence-corrected chi connectivity index (χ1v) is 6.83. The van der Waals surface area contributed by atoms with Gasteiger partial charge in [-0.3, -0.25) is 9.59 Å². The third-order valence-corrected chi connectivity index (χ3v) is 3.10. The van der Waals surface area contributed by atoms with Gasteiger partial charge in [-0.2, -0.15) is 5.26 Å². The summed E-state index contributed by atoms with van der Waals surface area (Å²) in [5.41, 5.74) is 1.63. The molecule has 2 amide bonds. The molecule has 0 aliphatic carbocycles. The Balaban J connectivity index is 2.10. The maximum Gasteiger partial charge on any atom is 0.316 e. The number of para-hydroxylation sites is 1. The van der Waals surface area contributed by atoms with Crippen LogP contribution in [0.2, 0.25) is 0 Å². The average Bonchev–Trinajstić information content (AvgIpc) is 2.57. The van der Waals surface area contributed by atoms with Crippen LogP contribution in [0.1, 0.15) is 12.5 Å². The molecule has 0 saturated carbocycles. The van der Waals surface area contributed by atoms with Crippen molar-refractivity contribution >= 4 is 23.2 Å². The molecule has 0 aliphatic rings. The van der Waals surface area contributed by atoms with E-state index in [1.54, 1.807) is 43.3 Å². The van der Waals surface area contributed by atoms with Crippen LogP contribution in [-0.2, 0) is 9.59 Å². The van der Waals surface area contributed by atoms with E-state index in [2.05, 4.69) is 5.32 Å². The summed E-state index contributed by atoms with van der Waals surface area (Å²) in [6.45, 7) is 2.20. The predicted octanol–water partition coefficient (Wildman–Crippen LogP) is 2.55. The Bertz CT molecular complexity index is 703. The third-order valence-electron chi connectivity index (χ3n) is 3.10. The number of carbonyl (C=O) groups is 2. The molecule has 0 spiro atoms. The van der Waals surface area contributed by atoms with Crippen molar-refractivity contribution in [2.24, 2.45) is 0 Å². The zero-order valence-electron chi connectivity index (χ0n) is 12.1. The highest BCUT2D eigenvalue weighted by atomic mass is 16.2. The van der Waals surface area contributed by atoms with Crippen LogP contribution < -0.4 is 10.2 Å². The second-order valence-corrected chi connectivity index (χ2v) is 4.53. The van der Waals surface area contributed by atoms with Gasteiger partial charge in [-0.15, -0.1) is 0 Å². The Kier molecular flexibility index (Phi) is 4.89. The van der Waals surface area contributed by atoms with E-state index in [1.807, 2.05) is 24.3 Å². The molecule has 5 nitrogen and oxygen atoms in total. The highest BCUT2D eigenvalue weighted by molar-refractivity contribution is 6.44. The molecule has 0 aliphatic heterocycles. The zero-order valence-corrected chi connectivity index (χ0v) is 12.1. The van der Waals surface area contributed by atoms with Gasteiger partial charge in [-0.25, -0.2) is 0 Å². The lowest BCUT2D eigenvalue weighted by Crippen LogP contribution is -2.39. The lowest BCUT2D eigenvalue weighted by atomic mass is 10.2. The maximum absolute atomic E-state index is 12.3. The molecule has 0 unspecified atom stereocenters. The molecular weight excluding hydrogens is 278 g/mol. The van der Waals surface area contributed by atoms with Gasteiger partial charge in [-0.1, -0.05) is 18.2 Å². The molecule has 1 N–H and O–H groups in total. The fourth-order valence-electron chi connectivity index (χ4n) is 1.99. The van der Waals surface area contributed by atoms with Crippen LogP contribution in [0.4, 0.5) is 11.4 Å². The molecular formula is C17H15N3O2. The molecule has 0 heterocycles. The molecule has 0 radical (unpaired) electrons. The molecule has 2 aromatic rings. The maximum atomic E-state index is 12.3. The van der Waals surface area contributed by atoms with Crippen LogP contribution in [0.25, 0.3) is 0 Å². The fourth-order valence-corrected chi connectivity index (χ4v) is 1.99. The number of benzene rings is 2. The minimum absolute atomic E-state index is 0.392. The van der Waals surface area contributed by atoms with Crippen molar-refractivity contribution in [3.05, 3.63) is 60.2 Å². The molecule has 0 fully saturated rings. The van der Waals surface area contributed by atoms with Crippen molar-refractivity contribution in [3.63, 3.8) is 0 Å². The standard InChI is InChI=1S/C17H15N3O2/c1-2-20(15-6-4-3-5-7-15)17(22)16(21)19-14-10-8-13(12-18)9-11-14/h3-11H,2H2,1H3,(H,19,21). The average molecular weight is 293 g/mol. The molecule has 2 aromatic carbocycles. The van der Waals surface area contributed by atoms with Gasteiger partial charge in [0.1, 0.15) is 0 Å². The first-order chi connectivity index (χ1) is 10.7. The smallest absolute Gasteiger partial charge is 0.316 e. The van der Waals surface area contributed by atoms with Crippen molar-refractivity contribution in [2.45, 2.75) is 6.92 Å². The molecule has 0 saturated heterocycles. The van der Waals surface area contributed by atoms with Crippen LogP contribution in [0.5, 0.6) is 0 Å². The molecule has 22 heavy (non-hydrogen) atoms. The second-order valence-electron chi connectivity index (χ2n) is 4.53. The number of likely N-dealkylation sites (N-methyl/N-ethyl adjacent to an activating group) is 1. The molecule has 110 valence electrons. The number of nitrogens with zero attached hydrogens (tertiary/aromatic N) is 2. The topological polar surface area (TPSA) is 73.2 Å². The SMILES string of the molecule is CCN(C(=O)C(=O)Nc1ccc(C#N)cc1)c1ccccc1. The van der Waals surface area contributed by atoms with Gasteiger partial charge >= 0.3 is 11.8 Å². The molecule has 5 heteroatoms. The van der Waals surface area contributed by atoms with Gasteiger partial charge in [-0.05, 0) is 43.3 Å². The van der Waals surface area contributed by atoms with Crippen LogP contribution in [0.3, 0.4) is 0 Å². The van der Waals surface area contributed by atoms with Crippen molar-refractivity contribution < 1.29 is 9.59 Å². The van der Waals surface area contributed by atoms with E-state index >= 15 is 0 Å². The number of carbonyl (C=O) groups excluding carboxylic acids is 2. The number of amides is 2. The Morgan fingerprint density at radius 2 is 1.73 bits per heavy atom. The van der Waals surface area contributed by atoms with Crippen LogP contribution >= 0.6 is 0 Å². The minimum Gasteiger partial charge on any atom is -0.318 e. The van der Waals surface area contributed by atoms with Gasteiger partial charge in [0.25, 0.3) is 0 Å². The summed E-state index contributed by atoms with van der Waals surface area (Å²) in [5.74, 6) is -1.34. The lowest BCUT2D eigenvalue weighted by Gasteiger charge is -2.20. The van der Waals surface area contributed by atoms with Gasteiger partial charge < -0.3 is 10.2 Å². The predicted molar refractivity (Wildman–Crippen MR) is 84.3 cm³/mol. The number of hydrogen-bond donors (Lipinski definition) is 1. The summed E-state index contributed by atoms with van der Waals surface area (Å²) in [6.07, 6.45) is 0. The number of nitrogens with one attached hydrogen (secondary N) is 1. The van der Waals surface area contributed by atoms with Crippen molar-refractivity contribution in [1.82, 2.24) is 0 Å². The zero-order chi connectivity index (χ0) is 15.9. The Labute approximate surface area is 128 Å². The number of anilines is 2. The van der Waals surface area contributed by atoms with E-state index in [1.165, 1.54) is 4.90 Å². The number of nitriles is 1. The van der Waals surface area contributed by atoms with E-state index in [9.17, 15) is 9.59 Å². The van der Waals surface area contributed by atoms with E-state index in [0.717, 1.165) is 0 Å². The third kappa shape index (κ3) is 3.49. The highest BCUT2D eigenvalue weighted by Gasteiger charge is 2.21. The highest BCUT2D eigenvalue weighted by Crippen LogP contribution is 2.14. The number of rotatable bonds is 3. The molecule has 0 atom stereocenters. The van der Waals surface area contributed by atoms with Crippen LogP contribution in [0.15, 0.2) is 54.6 Å². The van der Waals surface area contributed by atoms with Gasteiger partial charge in [0, 0.05) is 17.9 Å². The molecule has 2 rings (SSSR count). The molecule has 0 aromatic heterocycles. The number of hydrogen-bond acceptors (Lipinski definition) is 3. The van der Waals surface area contributed by atoms with Gasteiger partial charge in [0.15, 0.2) is 0 Å². The van der Waals surface area contributed by atoms with Crippen LogP contribution in [0, 0.1) is 11.3 Å². The first-order valence-electron chi connectivity index (χ1n) is 6.83. The van der Waals surface area contributed by atoms with E-state index in [0.29, 0.717) is 23.5 Å². The second kappa shape index (κ2) is 7.04.